The van der Waals surface area contributed by atoms with Crippen LogP contribution in [0.4, 0.5) is 11.4 Å². The molecular formula is C18H12NSSi. The smallest absolute Gasteiger partial charge is 0.0741 e. The number of benzene rings is 3. The van der Waals surface area contributed by atoms with Crippen molar-refractivity contribution >= 4 is 38.6 Å². The van der Waals surface area contributed by atoms with Crippen LogP contribution in [0.1, 0.15) is 0 Å². The summed E-state index contributed by atoms with van der Waals surface area (Å²) in [7, 11) is 3.72. The number of hydrogen-bond donors (Lipinski definition) is 1. The molecule has 0 amide bonds. The highest BCUT2D eigenvalue weighted by Crippen LogP contribution is 2.47. The largest absolute Gasteiger partial charge is 0.354 e. The van der Waals surface area contributed by atoms with Crippen molar-refractivity contribution in [1.82, 2.24) is 0 Å². The van der Waals surface area contributed by atoms with E-state index in [9.17, 15) is 0 Å². The molecule has 1 aliphatic heterocycles. The van der Waals surface area contributed by atoms with Crippen LogP contribution >= 0.6 is 11.8 Å². The third-order valence-corrected chi connectivity index (χ3v) is 5.22. The molecule has 3 radical (unpaired) electrons. The predicted octanol–water partition coefficient (Wildman–Crippen LogP) is 4.36. The van der Waals surface area contributed by atoms with Crippen molar-refractivity contribution in [3.05, 3.63) is 66.7 Å². The molecule has 1 N–H and O–H groups in total. The minimum Gasteiger partial charge on any atom is -0.354 e. The number of para-hydroxylation sites is 1. The summed E-state index contributed by atoms with van der Waals surface area (Å²) in [5, 5.41) is 4.64. The molecule has 0 aromatic heterocycles. The molecule has 0 saturated carbocycles. The fourth-order valence-corrected chi connectivity index (χ4v) is 4.08. The Morgan fingerprint density at radius 3 is 2.43 bits per heavy atom. The molecule has 4 rings (SSSR count). The SMILES string of the molecule is [Si]c1ccc(-c2ccccc2)c2c1Nc1ccccc1S2. The summed E-state index contributed by atoms with van der Waals surface area (Å²) in [5.74, 6) is 0. The number of nitrogens with one attached hydrogen (secondary N) is 1. The molecule has 0 fully saturated rings. The van der Waals surface area contributed by atoms with Crippen LogP contribution in [0, 0.1) is 0 Å². The maximum absolute atomic E-state index is 3.72. The quantitative estimate of drug-likeness (QED) is 0.524. The molecule has 0 aliphatic carbocycles. The molecule has 21 heavy (non-hydrogen) atoms. The van der Waals surface area contributed by atoms with Crippen molar-refractivity contribution in [3.63, 3.8) is 0 Å². The average molecular weight is 302 g/mol. The van der Waals surface area contributed by atoms with E-state index < -0.39 is 0 Å². The number of anilines is 2. The van der Waals surface area contributed by atoms with E-state index >= 15 is 0 Å². The minimum atomic E-state index is 1.09. The van der Waals surface area contributed by atoms with Crippen LogP contribution in [0.2, 0.25) is 0 Å². The summed E-state index contributed by atoms with van der Waals surface area (Å²) in [5.41, 5.74) is 4.82. The Morgan fingerprint density at radius 1 is 0.810 bits per heavy atom. The van der Waals surface area contributed by atoms with Crippen LogP contribution in [0.3, 0.4) is 0 Å². The zero-order chi connectivity index (χ0) is 14.2. The molecule has 3 aromatic carbocycles. The van der Waals surface area contributed by atoms with E-state index in [1.54, 1.807) is 0 Å². The van der Waals surface area contributed by atoms with Crippen molar-refractivity contribution in [2.75, 3.05) is 5.32 Å². The van der Waals surface area contributed by atoms with E-state index in [1.165, 1.54) is 26.6 Å². The van der Waals surface area contributed by atoms with Gasteiger partial charge in [-0.2, -0.15) is 0 Å². The van der Waals surface area contributed by atoms with Gasteiger partial charge in [-0.15, -0.1) is 0 Å². The van der Waals surface area contributed by atoms with Gasteiger partial charge in [0.25, 0.3) is 0 Å². The molecule has 0 unspecified atom stereocenters. The maximum atomic E-state index is 3.72. The number of hydrogen-bond acceptors (Lipinski definition) is 2. The molecule has 0 bridgehead atoms. The molecule has 0 atom stereocenters. The predicted molar refractivity (Wildman–Crippen MR) is 91.1 cm³/mol. The first-order valence-corrected chi connectivity index (χ1v) is 8.12. The summed E-state index contributed by atoms with van der Waals surface area (Å²) in [4.78, 5) is 2.53. The molecule has 3 aromatic rings. The lowest BCUT2D eigenvalue weighted by Gasteiger charge is -2.25. The lowest BCUT2D eigenvalue weighted by Crippen LogP contribution is -2.14. The Balaban J connectivity index is 1.91. The van der Waals surface area contributed by atoms with Crippen LogP contribution in [-0.2, 0) is 0 Å². The molecule has 99 valence electrons. The van der Waals surface area contributed by atoms with E-state index in [4.69, 9.17) is 0 Å². The van der Waals surface area contributed by atoms with Gasteiger partial charge in [0.15, 0.2) is 0 Å². The normalized spacial score (nSPS) is 12.2. The van der Waals surface area contributed by atoms with Crippen LogP contribution in [0.5, 0.6) is 0 Å². The van der Waals surface area contributed by atoms with Gasteiger partial charge in [0.2, 0.25) is 0 Å². The lowest BCUT2D eigenvalue weighted by atomic mass is 10.0. The van der Waals surface area contributed by atoms with Gasteiger partial charge in [-0.1, -0.05) is 66.4 Å². The Kier molecular flexibility index (Phi) is 3.09. The number of rotatable bonds is 1. The molecule has 0 spiro atoms. The van der Waals surface area contributed by atoms with Crippen LogP contribution in [0.25, 0.3) is 11.1 Å². The van der Waals surface area contributed by atoms with Crippen LogP contribution in [-0.4, -0.2) is 10.2 Å². The van der Waals surface area contributed by atoms with E-state index in [0.717, 1.165) is 10.9 Å². The molecule has 1 heterocycles. The second-order valence-corrected chi connectivity index (χ2v) is 6.54. The van der Waals surface area contributed by atoms with E-state index in [2.05, 4.69) is 82.3 Å². The lowest BCUT2D eigenvalue weighted by molar-refractivity contribution is 1.33. The van der Waals surface area contributed by atoms with E-state index in [-0.39, 0.29) is 0 Å². The van der Waals surface area contributed by atoms with Crippen molar-refractivity contribution in [2.45, 2.75) is 9.79 Å². The Morgan fingerprint density at radius 2 is 1.57 bits per heavy atom. The zero-order valence-electron chi connectivity index (χ0n) is 11.3. The minimum absolute atomic E-state index is 1.09. The van der Waals surface area contributed by atoms with Gasteiger partial charge in [-0.25, -0.2) is 0 Å². The first-order valence-electron chi connectivity index (χ1n) is 6.81. The average Bonchev–Trinajstić information content (AvgIpc) is 2.55. The van der Waals surface area contributed by atoms with Crippen LogP contribution in [0.15, 0.2) is 76.5 Å². The topological polar surface area (TPSA) is 12.0 Å². The fourth-order valence-electron chi connectivity index (χ4n) is 2.56. The maximum Gasteiger partial charge on any atom is 0.0741 e. The highest BCUT2D eigenvalue weighted by molar-refractivity contribution is 8.00. The van der Waals surface area contributed by atoms with Gasteiger partial charge in [-0.05, 0) is 28.4 Å². The second-order valence-electron chi connectivity index (χ2n) is 4.95. The first kappa shape index (κ1) is 12.7. The fraction of sp³-hybridized carbons (Fsp3) is 0. The van der Waals surface area contributed by atoms with Crippen molar-refractivity contribution in [2.24, 2.45) is 0 Å². The van der Waals surface area contributed by atoms with Gasteiger partial charge in [0, 0.05) is 9.79 Å². The monoisotopic (exact) mass is 302 g/mol. The Labute approximate surface area is 131 Å². The highest BCUT2D eigenvalue weighted by Gasteiger charge is 2.20. The third kappa shape index (κ3) is 2.19. The van der Waals surface area contributed by atoms with Crippen molar-refractivity contribution in [3.8, 4) is 11.1 Å². The standard InChI is InChI=1S/C18H12NSSi/c21-16-11-10-13(12-6-2-1-3-7-12)18-17(16)19-14-8-4-5-9-15(14)20-18/h1-11,19H. The van der Waals surface area contributed by atoms with E-state index in [0.29, 0.717) is 0 Å². The molecule has 1 aliphatic rings. The second kappa shape index (κ2) is 5.10. The first-order chi connectivity index (χ1) is 10.3. The van der Waals surface area contributed by atoms with Gasteiger partial charge < -0.3 is 5.32 Å². The van der Waals surface area contributed by atoms with Crippen LogP contribution < -0.4 is 10.5 Å². The molecule has 0 saturated heterocycles. The zero-order valence-corrected chi connectivity index (χ0v) is 13.1. The third-order valence-electron chi connectivity index (χ3n) is 3.60. The van der Waals surface area contributed by atoms with Crippen molar-refractivity contribution < 1.29 is 0 Å². The highest BCUT2D eigenvalue weighted by atomic mass is 32.2. The van der Waals surface area contributed by atoms with Gasteiger partial charge in [0.1, 0.15) is 0 Å². The Bertz CT molecular complexity index is 815. The van der Waals surface area contributed by atoms with Crippen molar-refractivity contribution in [1.29, 1.82) is 0 Å². The van der Waals surface area contributed by atoms with Gasteiger partial charge in [0.05, 0.1) is 21.6 Å². The number of fused-ring (bicyclic) bond motifs is 2. The Hall–Kier alpha value is -1.97. The summed E-state index contributed by atoms with van der Waals surface area (Å²) in [6, 6.07) is 23.2. The van der Waals surface area contributed by atoms with E-state index in [1.807, 2.05) is 11.8 Å². The van der Waals surface area contributed by atoms with Gasteiger partial charge >= 0.3 is 0 Å². The van der Waals surface area contributed by atoms with Gasteiger partial charge in [-0.3, -0.25) is 0 Å². The molecule has 3 heteroatoms. The summed E-state index contributed by atoms with van der Waals surface area (Å²) < 4.78 is 0. The molecular weight excluding hydrogens is 290 g/mol. The summed E-state index contributed by atoms with van der Waals surface area (Å²) in [6.07, 6.45) is 0. The summed E-state index contributed by atoms with van der Waals surface area (Å²) in [6.45, 7) is 0. The summed E-state index contributed by atoms with van der Waals surface area (Å²) >= 11 is 1.82. The molecule has 1 nitrogen and oxygen atoms in total.